The number of hydrogen-bond donors (Lipinski definition) is 2. The van der Waals surface area contributed by atoms with E-state index in [2.05, 4.69) is 4.72 Å². The number of nitrogen functional groups attached to an aromatic ring is 1. The number of nitrogens with zero attached hydrogens (tertiary/aromatic N) is 1. The molecule has 1 aromatic carbocycles. The molecule has 0 heterocycles. The highest BCUT2D eigenvalue weighted by Gasteiger charge is 2.18. The van der Waals surface area contributed by atoms with Crippen LogP contribution < -0.4 is 10.5 Å². The molecule has 0 aliphatic carbocycles. The average Bonchev–Trinajstić information content (AvgIpc) is 2.37. The molecule has 7 nitrogen and oxygen atoms in total. The molecule has 0 aromatic heterocycles. The molecule has 20 heavy (non-hydrogen) atoms. The van der Waals surface area contributed by atoms with Crippen LogP contribution in [0.25, 0.3) is 0 Å². The molecule has 0 unspecified atom stereocenters. The number of nitrogens with one attached hydrogen (secondary N) is 1. The van der Waals surface area contributed by atoms with Crippen LogP contribution in [0.2, 0.25) is 0 Å². The monoisotopic (exact) mass is 319 g/mol. The van der Waals surface area contributed by atoms with Crippen molar-refractivity contribution in [2.75, 3.05) is 24.3 Å². The van der Waals surface area contributed by atoms with E-state index < -0.39 is 14.9 Å². The Balaban J connectivity index is 2.73. The van der Waals surface area contributed by atoms with Gasteiger partial charge in [0.2, 0.25) is 10.0 Å². The highest BCUT2D eigenvalue weighted by molar-refractivity contribution is 7.98. The van der Waals surface area contributed by atoms with E-state index in [9.17, 15) is 18.5 Å². The standard InChI is InChI=1S/C11H17N3O4S2/c1-19-7-3-2-6-13-20(17,18)9-4-5-11(14(15)16)10(12)8-9/h4-5,8,13H,2-3,6-7,12H2,1H3. The number of anilines is 1. The fourth-order valence-corrected chi connectivity index (χ4v) is 3.13. The summed E-state index contributed by atoms with van der Waals surface area (Å²) in [6, 6.07) is 3.37. The molecule has 3 N–H and O–H groups in total. The van der Waals surface area contributed by atoms with Gasteiger partial charge in [-0.3, -0.25) is 10.1 Å². The number of thioether (sulfide) groups is 1. The lowest BCUT2D eigenvalue weighted by atomic mass is 10.3. The summed E-state index contributed by atoms with van der Waals surface area (Å²) < 4.78 is 26.4. The first-order chi connectivity index (χ1) is 9.38. The predicted molar refractivity (Wildman–Crippen MR) is 80.3 cm³/mol. The summed E-state index contributed by atoms with van der Waals surface area (Å²) in [4.78, 5) is 9.90. The van der Waals surface area contributed by atoms with Crippen LogP contribution in [0.15, 0.2) is 23.1 Å². The second-order valence-electron chi connectivity index (χ2n) is 4.08. The topological polar surface area (TPSA) is 115 Å². The van der Waals surface area contributed by atoms with E-state index in [1.165, 1.54) is 6.07 Å². The molecule has 0 atom stereocenters. The zero-order valence-corrected chi connectivity index (χ0v) is 12.7. The van der Waals surface area contributed by atoms with Gasteiger partial charge < -0.3 is 5.73 Å². The van der Waals surface area contributed by atoms with E-state index in [4.69, 9.17) is 5.73 Å². The number of unbranched alkanes of at least 4 members (excludes halogenated alkanes) is 1. The summed E-state index contributed by atoms with van der Waals surface area (Å²) in [5.74, 6) is 0.978. The molecule has 1 aromatic rings. The summed E-state index contributed by atoms with van der Waals surface area (Å²) in [5.41, 5.74) is 5.01. The maximum Gasteiger partial charge on any atom is 0.292 e. The van der Waals surface area contributed by atoms with Gasteiger partial charge in [-0.15, -0.1) is 0 Å². The minimum atomic E-state index is -3.67. The van der Waals surface area contributed by atoms with Crippen molar-refractivity contribution in [3.63, 3.8) is 0 Å². The van der Waals surface area contributed by atoms with E-state index in [1.807, 2.05) is 6.26 Å². The third kappa shape index (κ3) is 4.66. The summed E-state index contributed by atoms with van der Waals surface area (Å²) in [6.45, 7) is 0.333. The maximum absolute atomic E-state index is 12.0. The molecule has 0 bridgehead atoms. The third-order valence-corrected chi connectivity index (χ3v) is 4.73. The molecule has 0 spiro atoms. The number of nitro benzene ring substituents is 1. The Hall–Kier alpha value is -1.32. The van der Waals surface area contributed by atoms with Crippen LogP contribution >= 0.6 is 11.8 Å². The van der Waals surface area contributed by atoms with Gasteiger partial charge in [0.1, 0.15) is 5.69 Å². The van der Waals surface area contributed by atoms with Gasteiger partial charge in [0.25, 0.3) is 5.69 Å². The lowest BCUT2D eigenvalue weighted by Crippen LogP contribution is -2.25. The summed E-state index contributed by atoms with van der Waals surface area (Å²) in [7, 11) is -3.67. The van der Waals surface area contributed by atoms with E-state index in [-0.39, 0.29) is 16.3 Å². The van der Waals surface area contributed by atoms with E-state index in [0.717, 1.165) is 30.7 Å². The smallest absolute Gasteiger partial charge is 0.292 e. The molecule has 0 fully saturated rings. The summed E-state index contributed by atoms with van der Waals surface area (Å²) in [6.07, 6.45) is 3.65. The van der Waals surface area contributed by atoms with Crippen LogP contribution in [0.3, 0.4) is 0 Å². The number of sulfonamides is 1. The first kappa shape index (κ1) is 16.7. The largest absolute Gasteiger partial charge is 0.393 e. The fourth-order valence-electron chi connectivity index (χ4n) is 1.53. The fraction of sp³-hybridized carbons (Fsp3) is 0.455. The van der Waals surface area contributed by atoms with Gasteiger partial charge in [-0.05, 0) is 37.0 Å². The second kappa shape index (κ2) is 7.46. The predicted octanol–water partition coefficient (Wildman–Crippen LogP) is 1.60. The first-order valence-corrected chi connectivity index (χ1v) is 8.78. The zero-order valence-electron chi connectivity index (χ0n) is 11.0. The Morgan fingerprint density at radius 3 is 2.65 bits per heavy atom. The Kier molecular flexibility index (Phi) is 6.24. The van der Waals surface area contributed by atoms with E-state index in [1.54, 1.807) is 11.8 Å². The van der Waals surface area contributed by atoms with Crippen LogP contribution in [-0.2, 0) is 10.0 Å². The van der Waals surface area contributed by atoms with Crippen molar-refractivity contribution < 1.29 is 13.3 Å². The summed E-state index contributed by atoms with van der Waals surface area (Å²) in [5, 5.41) is 10.6. The molecule has 0 saturated heterocycles. The Bertz CT molecular complexity index is 575. The summed E-state index contributed by atoms with van der Waals surface area (Å²) >= 11 is 1.70. The SMILES string of the molecule is CSCCCCNS(=O)(=O)c1ccc([N+](=O)[O-])c(N)c1. The molecular weight excluding hydrogens is 302 g/mol. The molecule has 0 radical (unpaired) electrons. The minimum absolute atomic E-state index is 0.0644. The molecule has 0 saturated carbocycles. The van der Waals surface area contributed by atoms with Crippen LogP contribution in [0.1, 0.15) is 12.8 Å². The third-order valence-electron chi connectivity index (χ3n) is 2.57. The molecule has 0 aliphatic heterocycles. The maximum atomic E-state index is 12.0. The Morgan fingerprint density at radius 2 is 2.10 bits per heavy atom. The van der Waals surface area contributed by atoms with Crippen LogP contribution in [0, 0.1) is 10.1 Å². The van der Waals surface area contributed by atoms with Gasteiger partial charge in [0.15, 0.2) is 0 Å². The van der Waals surface area contributed by atoms with Crippen molar-refractivity contribution in [3.8, 4) is 0 Å². The van der Waals surface area contributed by atoms with Crippen molar-refractivity contribution in [1.29, 1.82) is 0 Å². The molecule has 0 aliphatic rings. The van der Waals surface area contributed by atoms with Crippen LogP contribution in [0.4, 0.5) is 11.4 Å². The van der Waals surface area contributed by atoms with Crippen LogP contribution in [-0.4, -0.2) is 31.9 Å². The Labute approximate surface area is 122 Å². The average molecular weight is 319 g/mol. The molecule has 9 heteroatoms. The van der Waals surface area contributed by atoms with Crippen molar-refractivity contribution in [2.45, 2.75) is 17.7 Å². The van der Waals surface area contributed by atoms with E-state index in [0.29, 0.717) is 6.54 Å². The lowest BCUT2D eigenvalue weighted by molar-refractivity contribution is -0.383. The van der Waals surface area contributed by atoms with Crippen molar-refractivity contribution in [1.82, 2.24) is 4.72 Å². The normalized spacial score (nSPS) is 11.4. The molecule has 112 valence electrons. The highest BCUT2D eigenvalue weighted by Crippen LogP contribution is 2.24. The number of rotatable bonds is 8. The van der Waals surface area contributed by atoms with Crippen molar-refractivity contribution >= 4 is 33.2 Å². The van der Waals surface area contributed by atoms with Crippen LogP contribution in [0.5, 0.6) is 0 Å². The van der Waals surface area contributed by atoms with Gasteiger partial charge in [0, 0.05) is 12.6 Å². The molecule has 1 rings (SSSR count). The molecular formula is C11H17N3O4S2. The van der Waals surface area contributed by atoms with Gasteiger partial charge in [-0.1, -0.05) is 0 Å². The Morgan fingerprint density at radius 1 is 1.40 bits per heavy atom. The second-order valence-corrected chi connectivity index (χ2v) is 6.83. The first-order valence-electron chi connectivity index (χ1n) is 5.91. The van der Waals surface area contributed by atoms with Gasteiger partial charge in [0.05, 0.1) is 9.82 Å². The number of nitrogens with two attached hydrogens (primary N) is 1. The number of hydrogen-bond acceptors (Lipinski definition) is 6. The lowest BCUT2D eigenvalue weighted by Gasteiger charge is -2.07. The quantitative estimate of drug-likeness (QED) is 0.325. The van der Waals surface area contributed by atoms with Gasteiger partial charge >= 0.3 is 0 Å². The van der Waals surface area contributed by atoms with Gasteiger partial charge in [-0.25, -0.2) is 13.1 Å². The highest BCUT2D eigenvalue weighted by atomic mass is 32.2. The minimum Gasteiger partial charge on any atom is -0.393 e. The number of benzene rings is 1. The number of nitro groups is 1. The van der Waals surface area contributed by atoms with E-state index >= 15 is 0 Å². The zero-order chi connectivity index (χ0) is 15.2. The van der Waals surface area contributed by atoms with Crippen molar-refractivity contribution in [2.24, 2.45) is 0 Å². The molecule has 0 amide bonds. The van der Waals surface area contributed by atoms with Crippen molar-refractivity contribution in [3.05, 3.63) is 28.3 Å². The van der Waals surface area contributed by atoms with Gasteiger partial charge in [-0.2, -0.15) is 11.8 Å².